The van der Waals surface area contributed by atoms with Gasteiger partial charge >= 0.3 is 0 Å². The quantitative estimate of drug-likeness (QED) is 0.325. The molecule has 0 aromatic rings. The van der Waals surface area contributed by atoms with E-state index in [1.54, 1.807) is 5.57 Å². The number of hydrogen-bond acceptors (Lipinski definition) is 3. The SMILES string of the molecule is C=C(C)[C@@H]1CC=C2[C@@H](CC[C@]3(C)[C@@H]([C@H](C)C[C@H](O)C[C@@H](C)CO)CC[C@@]23C)[C@@]1(C)CCCO. The van der Waals surface area contributed by atoms with Crippen LogP contribution in [0.3, 0.4) is 0 Å². The molecule has 190 valence electrons. The van der Waals surface area contributed by atoms with Gasteiger partial charge in [-0.3, -0.25) is 0 Å². The normalized spacial score (nSPS) is 41.0. The van der Waals surface area contributed by atoms with Gasteiger partial charge in [0.1, 0.15) is 0 Å². The van der Waals surface area contributed by atoms with Crippen molar-refractivity contribution in [3.63, 3.8) is 0 Å². The number of aliphatic hydroxyl groups is 3. The fourth-order valence-corrected chi connectivity index (χ4v) is 8.90. The van der Waals surface area contributed by atoms with Crippen molar-refractivity contribution in [2.75, 3.05) is 13.2 Å². The number of fused-ring (bicyclic) bond motifs is 3. The van der Waals surface area contributed by atoms with Crippen molar-refractivity contribution in [1.82, 2.24) is 0 Å². The highest BCUT2D eigenvalue weighted by Crippen LogP contribution is 2.72. The Hall–Kier alpha value is -0.640. The molecule has 0 amide bonds. The first kappa shape index (κ1) is 27.0. The molecule has 0 aromatic heterocycles. The number of allylic oxidation sites excluding steroid dienone is 3. The van der Waals surface area contributed by atoms with Crippen LogP contribution in [0, 0.1) is 45.8 Å². The van der Waals surface area contributed by atoms with Crippen LogP contribution in [-0.4, -0.2) is 34.6 Å². The smallest absolute Gasteiger partial charge is 0.0546 e. The van der Waals surface area contributed by atoms with E-state index in [9.17, 15) is 15.3 Å². The minimum atomic E-state index is -0.319. The van der Waals surface area contributed by atoms with Gasteiger partial charge in [0.15, 0.2) is 0 Å². The summed E-state index contributed by atoms with van der Waals surface area (Å²) in [6, 6.07) is 0. The molecule has 0 radical (unpaired) electrons. The van der Waals surface area contributed by atoms with E-state index in [0.717, 1.165) is 25.7 Å². The third-order valence-electron chi connectivity index (χ3n) is 10.9. The maximum absolute atomic E-state index is 10.7. The molecule has 0 saturated heterocycles. The maximum Gasteiger partial charge on any atom is 0.0546 e. The van der Waals surface area contributed by atoms with Crippen molar-refractivity contribution >= 4 is 0 Å². The fraction of sp³-hybridized carbons (Fsp3) is 0.867. The molecule has 0 aromatic carbocycles. The Labute approximate surface area is 203 Å². The van der Waals surface area contributed by atoms with Crippen LogP contribution in [0.1, 0.15) is 99.3 Å². The average molecular weight is 461 g/mol. The first-order valence-electron chi connectivity index (χ1n) is 13.7. The van der Waals surface area contributed by atoms with E-state index < -0.39 is 0 Å². The molecule has 3 nitrogen and oxygen atoms in total. The highest BCUT2D eigenvalue weighted by atomic mass is 16.3. The Kier molecular flexibility index (Phi) is 8.29. The summed E-state index contributed by atoms with van der Waals surface area (Å²) in [6.45, 7) is 19.0. The molecule has 3 heteroatoms. The lowest BCUT2D eigenvalue weighted by Gasteiger charge is -2.60. The van der Waals surface area contributed by atoms with Crippen LogP contribution in [0.15, 0.2) is 23.8 Å². The van der Waals surface area contributed by atoms with E-state index in [2.05, 4.69) is 47.3 Å². The molecular weight excluding hydrogens is 408 g/mol. The Morgan fingerprint density at radius 1 is 1.12 bits per heavy atom. The van der Waals surface area contributed by atoms with Crippen molar-refractivity contribution in [2.24, 2.45) is 45.8 Å². The van der Waals surface area contributed by atoms with Crippen molar-refractivity contribution in [3.05, 3.63) is 23.8 Å². The van der Waals surface area contributed by atoms with Gasteiger partial charge in [0, 0.05) is 13.2 Å². The third kappa shape index (κ3) is 4.64. The molecule has 0 aliphatic heterocycles. The molecule has 3 aliphatic carbocycles. The molecule has 33 heavy (non-hydrogen) atoms. The zero-order valence-electron chi connectivity index (χ0n) is 22.4. The molecule has 0 heterocycles. The molecule has 0 spiro atoms. The Morgan fingerprint density at radius 3 is 2.42 bits per heavy atom. The van der Waals surface area contributed by atoms with E-state index in [1.165, 1.54) is 31.3 Å². The van der Waals surface area contributed by atoms with Gasteiger partial charge in [-0.05, 0) is 111 Å². The van der Waals surface area contributed by atoms with Gasteiger partial charge in [0.05, 0.1) is 6.10 Å². The fourth-order valence-electron chi connectivity index (χ4n) is 8.90. The van der Waals surface area contributed by atoms with Gasteiger partial charge in [-0.15, -0.1) is 0 Å². The zero-order valence-corrected chi connectivity index (χ0v) is 22.4. The molecule has 3 rings (SSSR count). The van der Waals surface area contributed by atoms with Gasteiger partial charge in [-0.1, -0.05) is 58.4 Å². The van der Waals surface area contributed by atoms with Crippen LogP contribution in [0.4, 0.5) is 0 Å². The second-order valence-corrected chi connectivity index (χ2v) is 13.0. The van der Waals surface area contributed by atoms with E-state index in [4.69, 9.17) is 0 Å². The second kappa shape index (κ2) is 10.2. The Morgan fingerprint density at radius 2 is 1.82 bits per heavy atom. The topological polar surface area (TPSA) is 60.7 Å². The molecule has 0 unspecified atom stereocenters. The summed E-state index contributed by atoms with van der Waals surface area (Å²) in [4.78, 5) is 0. The molecule has 3 N–H and O–H groups in total. The molecular formula is C30H52O3. The Bertz CT molecular complexity index is 728. The van der Waals surface area contributed by atoms with E-state index >= 15 is 0 Å². The van der Waals surface area contributed by atoms with Crippen LogP contribution in [0.25, 0.3) is 0 Å². The molecule has 3 aliphatic rings. The summed E-state index contributed by atoms with van der Waals surface area (Å²) in [5.74, 6) is 2.37. The van der Waals surface area contributed by atoms with Crippen LogP contribution in [0.2, 0.25) is 0 Å². The lowest BCUT2D eigenvalue weighted by molar-refractivity contribution is -0.0320. The molecule has 2 saturated carbocycles. The van der Waals surface area contributed by atoms with Crippen molar-refractivity contribution in [1.29, 1.82) is 0 Å². The first-order chi connectivity index (χ1) is 15.4. The minimum absolute atomic E-state index is 0.153. The Balaban J connectivity index is 1.86. The van der Waals surface area contributed by atoms with Gasteiger partial charge in [0.25, 0.3) is 0 Å². The van der Waals surface area contributed by atoms with E-state index in [1.807, 2.05) is 6.92 Å². The maximum atomic E-state index is 10.7. The first-order valence-corrected chi connectivity index (χ1v) is 13.7. The number of aliphatic hydroxyl groups excluding tert-OH is 3. The average Bonchev–Trinajstić information content (AvgIpc) is 3.03. The van der Waals surface area contributed by atoms with Crippen LogP contribution in [-0.2, 0) is 0 Å². The number of hydrogen-bond donors (Lipinski definition) is 3. The molecule has 0 bridgehead atoms. The lowest BCUT2D eigenvalue weighted by atomic mass is 9.44. The predicted octanol–water partition coefficient (Wildman–Crippen LogP) is 6.53. The standard InChI is InChI=1S/C30H52O3/c1-20(2)24-9-10-27-26(28(24,5)13-8-16-31)12-15-29(6)25(11-14-30(27,29)7)22(4)18-23(33)17-21(3)19-32/h10,21-26,31-33H,1,8-9,11-19H2,2-7H3/t21-,22-,23-,24+,25-,26-,28+,29-,30+/m1/s1. The molecule has 2 fully saturated rings. The predicted molar refractivity (Wildman–Crippen MR) is 138 cm³/mol. The largest absolute Gasteiger partial charge is 0.396 e. The zero-order chi connectivity index (χ0) is 24.6. The van der Waals surface area contributed by atoms with E-state index in [0.29, 0.717) is 30.1 Å². The van der Waals surface area contributed by atoms with Crippen molar-refractivity contribution in [3.8, 4) is 0 Å². The van der Waals surface area contributed by atoms with Gasteiger partial charge < -0.3 is 15.3 Å². The van der Waals surface area contributed by atoms with Crippen molar-refractivity contribution in [2.45, 2.75) is 105 Å². The number of rotatable bonds is 10. The summed E-state index contributed by atoms with van der Waals surface area (Å²) >= 11 is 0. The van der Waals surface area contributed by atoms with Crippen molar-refractivity contribution < 1.29 is 15.3 Å². The highest BCUT2D eigenvalue weighted by molar-refractivity contribution is 5.33. The summed E-state index contributed by atoms with van der Waals surface area (Å²) < 4.78 is 0. The summed E-state index contributed by atoms with van der Waals surface area (Å²) in [6.07, 6.45) is 11.8. The van der Waals surface area contributed by atoms with Gasteiger partial charge in [0.2, 0.25) is 0 Å². The van der Waals surface area contributed by atoms with Crippen LogP contribution in [0.5, 0.6) is 0 Å². The van der Waals surface area contributed by atoms with Gasteiger partial charge in [-0.2, -0.15) is 0 Å². The summed E-state index contributed by atoms with van der Waals surface area (Å²) in [7, 11) is 0. The highest BCUT2D eigenvalue weighted by Gasteiger charge is 2.63. The van der Waals surface area contributed by atoms with Crippen LogP contribution >= 0.6 is 0 Å². The third-order valence-corrected chi connectivity index (χ3v) is 10.9. The monoisotopic (exact) mass is 460 g/mol. The molecule has 9 atom stereocenters. The summed E-state index contributed by atoms with van der Waals surface area (Å²) in [5.41, 5.74) is 3.68. The van der Waals surface area contributed by atoms with E-state index in [-0.39, 0.29) is 41.5 Å². The summed E-state index contributed by atoms with van der Waals surface area (Å²) in [5, 5.41) is 29.7. The van der Waals surface area contributed by atoms with Crippen LogP contribution < -0.4 is 0 Å². The minimum Gasteiger partial charge on any atom is -0.396 e. The second-order valence-electron chi connectivity index (χ2n) is 13.0. The van der Waals surface area contributed by atoms with Gasteiger partial charge in [-0.25, -0.2) is 0 Å². The lowest BCUT2D eigenvalue weighted by Crippen LogP contribution is -2.52.